The number of aromatic nitrogens is 1. The maximum Gasteiger partial charge on any atom is 0.134 e. The second-order valence-corrected chi connectivity index (χ2v) is 8.47. The third-order valence-corrected chi connectivity index (χ3v) is 6.27. The maximum absolute atomic E-state index is 5.85. The zero-order valence-electron chi connectivity index (χ0n) is 18.5. The lowest BCUT2D eigenvalue weighted by Crippen LogP contribution is -1.94. The number of benzene rings is 4. The second kappa shape index (κ2) is 7.68. The first kappa shape index (κ1) is 19.4. The van der Waals surface area contributed by atoms with Crippen LogP contribution in [0, 0.1) is 0 Å². The molecule has 5 aromatic rings. The van der Waals surface area contributed by atoms with Gasteiger partial charge in [-0.2, -0.15) is 0 Å². The highest BCUT2D eigenvalue weighted by Gasteiger charge is 2.14. The first-order valence-corrected chi connectivity index (χ1v) is 11.1. The summed E-state index contributed by atoms with van der Waals surface area (Å²) in [6, 6.07) is 32.2. The molecular weight excluding hydrogens is 402 g/mol. The van der Waals surface area contributed by atoms with Gasteiger partial charge in [0.1, 0.15) is 5.75 Å². The summed E-state index contributed by atoms with van der Waals surface area (Å²) in [5.41, 5.74) is 8.99. The monoisotopic (exact) mass is 425 g/mol. The normalized spacial score (nSPS) is 15.9. The van der Waals surface area contributed by atoms with Gasteiger partial charge in [-0.15, -0.1) is 0 Å². The molecule has 0 unspecified atom stereocenters. The van der Waals surface area contributed by atoms with Crippen molar-refractivity contribution in [2.45, 2.75) is 6.92 Å². The van der Waals surface area contributed by atoms with E-state index in [4.69, 9.17) is 4.74 Å². The average molecular weight is 426 g/mol. The summed E-state index contributed by atoms with van der Waals surface area (Å²) in [5.74, 6) is 0.825. The Balaban J connectivity index is 1.55. The number of para-hydroxylation sites is 2. The standard InChI is InChI=1S/C31H23NO/c1-21-16-17-33-31-15-13-24(19-27(31)22(2)18-21)23-12-14-30-28(20-23)26-10-6-7-11-29(26)32(30)25-8-4-3-5-9-25/h3-20H,2H2,1H3/b17-16-,21-18-. The van der Waals surface area contributed by atoms with Gasteiger partial charge in [-0.1, -0.05) is 61.2 Å². The molecule has 1 aromatic heterocycles. The van der Waals surface area contributed by atoms with E-state index in [2.05, 4.69) is 109 Å². The predicted molar refractivity (Wildman–Crippen MR) is 139 cm³/mol. The zero-order valence-corrected chi connectivity index (χ0v) is 18.5. The van der Waals surface area contributed by atoms with E-state index in [-0.39, 0.29) is 0 Å². The van der Waals surface area contributed by atoms with Gasteiger partial charge in [0.25, 0.3) is 0 Å². The van der Waals surface area contributed by atoms with Crippen molar-refractivity contribution in [2.24, 2.45) is 0 Å². The molecule has 2 nitrogen and oxygen atoms in total. The Labute approximate surface area is 193 Å². The molecule has 0 radical (unpaired) electrons. The molecule has 0 amide bonds. The Kier molecular flexibility index (Phi) is 4.51. The SMILES string of the molecule is C=C1/C=C(C)\C=C/Oc2ccc(-c3ccc4c(c3)c3ccccc3n4-c3ccccc3)cc21. The minimum Gasteiger partial charge on any atom is -0.464 e. The fourth-order valence-electron chi connectivity index (χ4n) is 4.69. The summed E-state index contributed by atoms with van der Waals surface area (Å²) >= 11 is 0. The molecule has 158 valence electrons. The van der Waals surface area contributed by atoms with E-state index in [9.17, 15) is 0 Å². The smallest absolute Gasteiger partial charge is 0.134 e. The maximum atomic E-state index is 5.85. The molecule has 0 aliphatic carbocycles. The molecule has 2 heterocycles. The van der Waals surface area contributed by atoms with Gasteiger partial charge in [0, 0.05) is 22.0 Å². The predicted octanol–water partition coefficient (Wildman–Crippen LogP) is 8.32. The number of hydrogen-bond acceptors (Lipinski definition) is 1. The topological polar surface area (TPSA) is 14.2 Å². The number of nitrogens with zero attached hydrogens (tertiary/aromatic N) is 1. The van der Waals surface area contributed by atoms with E-state index in [1.165, 1.54) is 33.1 Å². The molecule has 0 N–H and O–H groups in total. The first-order chi connectivity index (χ1) is 16.2. The molecule has 1 aliphatic rings. The molecule has 1 aliphatic heterocycles. The molecule has 0 bridgehead atoms. The van der Waals surface area contributed by atoms with Crippen LogP contribution in [0.2, 0.25) is 0 Å². The third kappa shape index (κ3) is 3.28. The molecule has 0 saturated heterocycles. The summed E-state index contributed by atoms with van der Waals surface area (Å²) in [6.07, 6.45) is 5.79. The van der Waals surface area contributed by atoms with E-state index in [0.717, 1.165) is 28.0 Å². The second-order valence-electron chi connectivity index (χ2n) is 8.47. The largest absolute Gasteiger partial charge is 0.464 e. The minimum atomic E-state index is 0.825. The van der Waals surface area contributed by atoms with Crippen molar-refractivity contribution in [1.29, 1.82) is 0 Å². The molecular formula is C31H23NO. The van der Waals surface area contributed by atoms with E-state index < -0.39 is 0 Å². The van der Waals surface area contributed by atoms with Gasteiger partial charge in [-0.25, -0.2) is 0 Å². The van der Waals surface area contributed by atoms with Gasteiger partial charge in [0.05, 0.1) is 17.3 Å². The van der Waals surface area contributed by atoms with E-state index in [0.29, 0.717) is 0 Å². The Bertz CT molecular complexity index is 1600. The molecule has 2 heteroatoms. The summed E-state index contributed by atoms with van der Waals surface area (Å²) in [6.45, 7) is 6.33. The summed E-state index contributed by atoms with van der Waals surface area (Å²) in [7, 11) is 0. The summed E-state index contributed by atoms with van der Waals surface area (Å²) < 4.78 is 8.19. The van der Waals surface area contributed by atoms with Gasteiger partial charge in [-0.05, 0) is 77.7 Å². The minimum absolute atomic E-state index is 0.825. The van der Waals surface area contributed by atoms with Crippen LogP contribution in [-0.4, -0.2) is 4.57 Å². The van der Waals surface area contributed by atoms with Crippen LogP contribution in [0.3, 0.4) is 0 Å². The van der Waals surface area contributed by atoms with Gasteiger partial charge < -0.3 is 9.30 Å². The quantitative estimate of drug-likeness (QED) is 0.277. The van der Waals surface area contributed by atoms with Crippen molar-refractivity contribution in [3.8, 4) is 22.6 Å². The Morgan fingerprint density at radius 1 is 0.727 bits per heavy atom. The van der Waals surface area contributed by atoms with Crippen LogP contribution >= 0.6 is 0 Å². The Morgan fingerprint density at radius 2 is 1.45 bits per heavy atom. The lowest BCUT2D eigenvalue weighted by Gasteiger charge is -2.14. The molecule has 0 spiro atoms. The Hall–Kier alpha value is -4.30. The van der Waals surface area contributed by atoms with Crippen LogP contribution in [0.25, 0.3) is 44.2 Å². The number of fused-ring (bicyclic) bond motifs is 4. The average Bonchev–Trinajstić information content (AvgIpc) is 3.17. The lowest BCUT2D eigenvalue weighted by molar-refractivity contribution is 0.479. The highest BCUT2D eigenvalue weighted by Crippen LogP contribution is 2.37. The van der Waals surface area contributed by atoms with E-state index in [1.54, 1.807) is 6.26 Å². The molecule has 0 saturated carbocycles. The van der Waals surface area contributed by atoms with Crippen LogP contribution in [-0.2, 0) is 0 Å². The molecule has 0 fully saturated rings. The fraction of sp³-hybridized carbons (Fsp3) is 0.0323. The molecule has 6 rings (SSSR count). The van der Waals surface area contributed by atoms with Crippen molar-refractivity contribution in [3.05, 3.63) is 127 Å². The van der Waals surface area contributed by atoms with Crippen molar-refractivity contribution in [1.82, 2.24) is 4.57 Å². The van der Waals surface area contributed by atoms with Crippen LogP contribution in [0.15, 0.2) is 122 Å². The molecule has 0 atom stereocenters. The van der Waals surface area contributed by atoms with Crippen molar-refractivity contribution < 1.29 is 4.74 Å². The number of ether oxygens (including phenoxy) is 1. The van der Waals surface area contributed by atoms with E-state index in [1.807, 2.05) is 12.1 Å². The zero-order chi connectivity index (χ0) is 22.4. The Morgan fingerprint density at radius 3 is 2.33 bits per heavy atom. The summed E-state index contributed by atoms with van der Waals surface area (Å²) in [5, 5.41) is 2.49. The van der Waals surface area contributed by atoms with Crippen molar-refractivity contribution in [2.75, 3.05) is 0 Å². The lowest BCUT2D eigenvalue weighted by atomic mass is 9.96. The van der Waals surface area contributed by atoms with Crippen LogP contribution < -0.4 is 4.74 Å². The van der Waals surface area contributed by atoms with Gasteiger partial charge in [-0.3, -0.25) is 0 Å². The van der Waals surface area contributed by atoms with E-state index >= 15 is 0 Å². The number of hydrogen-bond donors (Lipinski definition) is 0. The van der Waals surface area contributed by atoms with Gasteiger partial charge in [0.15, 0.2) is 0 Å². The third-order valence-electron chi connectivity index (χ3n) is 6.27. The van der Waals surface area contributed by atoms with Crippen LogP contribution in [0.4, 0.5) is 0 Å². The van der Waals surface area contributed by atoms with Crippen molar-refractivity contribution in [3.63, 3.8) is 0 Å². The van der Waals surface area contributed by atoms with Crippen LogP contribution in [0.5, 0.6) is 5.75 Å². The fourth-order valence-corrected chi connectivity index (χ4v) is 4.69. The highest BCUT2D eigenvalue weighted by molar-refractivity contribution is 6.10. The van der Waals surface area contributed by atoms with Gasteiger partial charge in [0.2, 0.25) is 0 Å². The summed E-state index contributed by atoms with van der Waals surface area (Å²) in [4.78, 5) is 0. The first-order valence-electron chi connectivity index (χ1n) is 11.1. The number of rotatable bonds is 2. The van der Waals surface area contributed by atoms with Gasteiger partial charge >= 0.3 is 0 Å². The van der Waals surface area contributed by atoms with Crippen LogP contribution in [0.1, 0.15) is 12.5 Å². The molecule has 33 heavy (non-hydrogen) atoms. The molecule has 4 aromatic carbocycles. The van der Waals surface area contributed by atoms with Crippen molar-refractivity contribution >= 4 is 27.4 Å². The highest BCUT2D eigenvalue weighted by atomic mass is 16.5. The number of allylic oxidation sites excluding steroid dienone is 4.